The summed E-state index contributed by atoms with van der Waals surface area (Å²) in [5, 5.41) is 5.01. The first-order chi connectivity index (χ1) is 11.2. The summed E-state index contributed by atoms with van der Waals surface area (Å²) in [4.78, 5) is 12.0. The van der Waals surface area contributed by atoms with E-state index in [1.54, 1.807) is 6.07 Å². The van der Waals surface area contributed by atoms with Gasteiger partial charge in [-0.1, -0.05) is 23.7 Å². The Balaban J connectivity index is 2.03. The molecule has 2 aromatic carbocycles. The number of aryl methyl sites for hydroxylation is 1. The van der Waals surface area contributed by atoms with E-state index >= 15 is 0 Å². The van der Waals surface area contributed by atoms with Crippen LogP contribution >= 0.6 is 11.6 Å². The Kier molecular flexibility index (Phi) is 5.39. The Bertz CT molecular complexity index is 760. The Morgan fingerprint density at radius 2 is 1.88 bits per heavy atom. The minimum Gasteiger partial charge on any atom is -0.376 e. The highest BCUT2D eigenvalue weighted by atomic mass is 35.5. The molecule has 0 aromatic heterocycles. The molecule has 0 atom stereocenters. The summed E-state index contributed by atoms with van der Waals surface area (Å²) in [7, 11) is 0. The number of nitrogens with one attached hydrogen (secondary N) is 2. The number of amides is 1. The number of hydrogen-bond acceptors (Lipinski definition) is 2. The SMILES string of the molecule is Cc1cccc(NC(=O)CNc2ccc(Cl)c(C(F)(F)F)c2)c1C. The van der Waals surface area contributed by atoms with Crippen molar-refractivity contribution in [3.63, 3.8) is 0 Å². The molecular formula is C17H16ClF3N2O. The second-order valence-electron chi connectivity index (χ2n) is 5.34. The third-order valence-electron chi connectivity index (χ3n) is 3.60. The van der Waals surface area contributed by atoms with Gasteiger partial charge in [0.15, 0.2) is 0 Å². The van der Waals surface area contributed by atoms with Crippen molar-refractivity contribution in [1.82, 2.24) is 0 Å². The van der Waals surface area contributed by atoms with Crippen LogP contribution < -0.4 is 10.6 Å². The van der Waals surface area contributed by atoms with Crippen molar-refractivity contribution in [3.05, 3.63) is 58.1 Å². The smallest absolute Gasteiger partial charge is 0.376 e. The fraction of sp³-hybridized carbons (Fsp3) is 0.235. The molecule has 0 fully saturated rings. The number of benzene rings is 2. The Morgan fingerprint density at radius 1 is 1.17 bits per heavy atom. The maximum atomic E-state index is 12.8. The summed E-state index contributed by atoms with van der Waals surface area (Å²) >= 11 is 5.56. The lowest BCUT2D eigenvalue weighted by Crippen LogP contribution is -2.22. The second-order valence-corrected chi connectivity index (χ2v) is 5.75. The molecule has 3 nitrogen and oxygen atoms in total. The maximum absolute atomic E-state index is 12.8. The Morgan fingerprint density at radius 3 is 2.54 bits per heavy atom. The molecule has 0 radical (unpaired) electrons. The van der Waals surface area contributed by atoms with Gasteiger partial charge in [-0.05, 0) is 49.2 Å². The van der Waals surface area contributed by atoms with Gasteiger partial charge >= 0.3 is 6.18 Å². The molecule has 0 aliphatic rings. The van der Waals surface area contributed by atoms with Gasteiger partial charge in [0.2, 0.25) is 5.91 Å². The Hall–Kier alpha value is -2.21. The molecule has 7 heteroatoms. The summed E-state index contributed by atoms with van der Waals surface area (Å²) in [6.07, 6.45) is -4.55. The molecule has 0 unspecified atom stereocenters. The lowest BCUT2D eigenvalue weighted by Gasteiger charge is -2.13. The first kappa shape index (κ1) is 18.1. The molecule has 2 aromatic rings. The van der Waals surface area contributed by atoms with Crippen LogP contribution in [0.15, 0.2) is 36.4 Å². The molecule has 0 bridgehead atoms. The van der Waals surface area contributed by atoms with E-state index in [4.69, 9.17) is 11.6 Å². The van der Waals surface area contributed by atoms with Crippen molar-refractivity contribution in [2.24, 2.45) is 0 Å². The summed E-state index contributed by atoms with van der Waals surface area (Å²) in [5.74, 6) is -0.354. The first-order valence-electron chi connectivity index (χ1n) is 7.15. The summed E-state index contributed by atoms with van der Waals surface area (Å²) in [6.45, 7) is 3.65. The molecule has 128 valence electrons. The van der Waals surface area contributed by atoms with Crippen LogP contribution in [-0.4, -0.2) is 12.5 Å². The third kappa shape index (κ3) is 4.41. The van der Waals surface area contributed by atoms with E-state index in [1.165, 1.54) is 6.07 Å². The van der Waals surface area contributed by atoms with E-state index in [0.29, 0.717) is 5.69 Å². The van der Waals surface area contributed by atoms with Crippen LogP contribution in [0.25, 0.3) is 0 Å². The zero-order chi connectivity index (χ0) is 17.9. The maximum Gasteiger partial charge on any atom is 0.417 e. The van der Waals surface area contributed by atoms with E-state index in [9.17, 15) is 18.0 Å². The number of alkyl halides is 3. The lowest BCUT2D eigenvalue weighted by atomic mass is 10.1. The van der Waals surface area contributed by atoms with Crippen molar-refractivity contribution >= 4 is 28.9 Å². The average Bonchev–Trinajstić information content (AvgIpc) is 2.50. The molecule has 0 heterocycles. The minimum absolute atomic E-state index is 0.160. The van der Waals surface area contributed by atoms with Gasteiger partial charge in [0.05, 0.1) is 17.1 Å². The van der Waals surface area contributed by atoms with Crippen LogP contribution in [0.4, 0.5) is 24.5 Å². The van der Waals surface area contributed by atoms with Gasteiger partial charge in [0.25, 0.3) is 0 Å². The zero-order valence-electron chi connectivity index (χ0n) is 13.1. The number of carbonyl (C=O) groups excluding carboxylic acids is 1. The normalized spacial score (nSPS) is 11.2. The van der Waals surface area contributed by atoms with E-state index in [-0.39, 0.29) is 23.2 Å². The summed E-state index contributed by atoms with van der Waals surface area (Å²) < 4.78 is 38.4. The molecule has 2 rings (SSSR count). The predicted molar refractivity (Wildman–Crippen MR) is 89.5 cm³/mol. The summed E-state index contributed by atoms with van der Waals surface area (Å²) in [6, 6.07) is 8.94. The number of halogens is 4. The molecule has 24 heavy (non-hydrogen) atoms. The number of rotatable bonds is 4. The molecule has 0 aliphatic carbocycles. The first-order valence-corrected chi connectivity index (χ1v) is 7.53. The number of anilines is 2. The number of hydrogen-bond donors (Lipinski definition) is 2. The van der Waals surface area contributed by atoms with Gasteiger partial charge < -0.3 is 10.6 Å². The van der Waals surface area contributed by atoms with Crippen LogP contribution in [0.5, 0.6) is 0 Å². The quantitative estimate of drug-likeness (QED) is 0.807. The zero-order valence-corrected chi connectivity index (χ0v) is 13.8. The van der Waals surface area contributed by atoms with Gasteiger partial charge in [0, 0.05) is 11.4 Å². The van der Waals surface area contributed by atoms with E-state index in [0.717, 1.165) is 23.3 Å². The highest BCUT2D eigenvalue weighted by Crippen LogP contribution is 2.36. The third-order valence-corrected chi connectivity index (χ3v) is 3.93. The van der Waals surface area contributed by atoms with Crippen LogP contribution in [0, 0.1) is 13.8 Å². The van der Waals surface area contributed by atoms with Crippen LogP contribution in [0.2, 0.25) is 5.02 Å². The molecule has 1 amide bonds. The fourth-order valence-electron chi connectivity index (χ4n) is 2.12. The molecule has 0 aliphatic heterocycles. The van der Waals surface area contributed by atoms with Gasteiger partial charge in [-0.2, -0.15) is 13.2 Å². The van der Waals surface area contributed by atoms with Gasteiger partial charge in [0.1, 0.15) is 0 Å². The summed E-state index contributed by atoms with van der Waals surface area (Å²) in [5.41, 5.74) is 1.88. The van der Waals surface area contributed by atoms with Crippen molar-refractivity contribution in [3.8, 4) is 0 Å². The second kappa shape index (κ2) is 7.13. The van der Waals surface area contributed by atoms with E-state index < -0.39 is 11.7 Å². The number of carbonyl (C=O) groups is 1. The Labute approximate surface area is 142 Å². The average molecular weight is 357 g/mol. The van der Waals surface area contributed by atoms with E-state index in [2.05, 4.69) is 10.6 Å². The van der Waals surface area contributed by atoms with Gasteiger partial charge in [-0.25, -0.2) is 0 Å². The fourth-order valence-corrected chi connectivity index (χ4v) is 2.34. The monoisotopic (exact) mass is 356 g/mol. The van der Waals surface area contributed by atoms with E-state index in [1.807, 2.05) is 26.0 Å². The van der Waals surface area contributed by atoms with Crippen LogP contribution in [-0.2, 0) is 11.0 Å². The van der Waals surface area contributed by atoms with Crippen LogP contribution in [0.3, 0.4) is 0 Å². The molecule has 0 saturated heterocycles. The molecular weight excluding hydrogens is 341 g/mol. The van der Waals surface area contributed by atoms with Crippen molar-refractivity contribution in [2.45, 2.75) is 20.0 Å². The molecule has 2 N–H and O–H groups in total. The largest absolute Gasteiger partial charge is 0.417 e. The van der Waals surface area contributed by atoms with Gasteiger partial charge in [-0.3, -0.25) is 4.79 Å². The standard InChI is InChI=1S/C17H16ClF3N2O/c1-10-4-3-5-15(11(10)2)23-16(24)9-22-12-6-7-14(18)13(8-12)17(19,20)21/h3-8,22H,9H2,1-2H3,(H,23,24). The highest BCUT2D eigenvalue weighted by Gasteiger charge is 2.33. The van der Waals surface area contributed by atoms with Crippen molar-refractivity contribution in [1.29, 1.82) is 0 Å². The lowest BCUT2D eigenvalue weighted by molar-refractivity contribution is -0.137. The van der Waals surface area contributed by atoms with Crippen LogP contribution in [0.1, 0.15) is 16.7 Å². The predicted octanol–water partition coefficient (Wildman–Crippen LogP) is 5.03. The van der Waals surface area contributed by atoms with Crippen molar-refractivity contribution in [2.75, 3.05) is 17.2 Å². The molecule has 0 saturated carbocycles. The van der Waals surface area contributed by atoms with Gasteiger partial charge in [-0.15, -0.1) is 0 Å². The molecule has 0 spiro atoms. The highest BCUT2D eigenvalue weighted by molar-refractivity contribution is 6.31. The topological polar surface area (TPSA) is 41.1 Å². The van der Waals surface area contributed by atoms with Crippen molar-refractivity contribution < 1.29 is 18.0 Å². The minimum atomic E-state index is -4.55.